The van der Waals surface area contributed by atoms with E-state index in [0.717, 1.165) is 12.8 Å². The molecule has 0 fully saturated rings. The molecule has 2 amide bonds. The number of amides is 2. The molecule has 0 spiro atoms. The molecule has 0 aliphatic carbocycles. The van der Waals surface area contributed by atoms with Gasteiger partial charge in [-0.2, -0.15) is 4.31 Å². The average Bonchev–Trinajstić information content (AvgIpc) is 3.09. The highest BCUT2D eigenvalue weighted by atomic mass is 32.2. The monoisotopic (exact) mass is 682 g/mol. The molecule has 0 radical (unpaired) electrons. The number of hydrogen-bond donors (Lipinski definition) is 2. The molecule has 2 aromatic carbocycles. The normalized spacial score (nSPS) is 20.3. The van der Waals surface area contributed by atoms with E-state index in [2.05, 4.69) is 10.3 Å². The molecule has 0 saturated carbocycles. The molecule has 12 nitrogen and oxygen atoms in total. The first-order valence-corrected chi connectivity index (χ1v) is 17.5. The summed E-state index contributed by atoms with van der Waals surface area (Å²) in [6.45, 7) is 5.87. The lowest BCUT2D eigenvalue weighted by Gasteiger charge is -2.35. The van der Waals surface area contributed by atoms with Crippen LogP contribution in [0.1, 0.15) is 60.7 Å². The molecular weight excluding hydrogens is 636 g/mol. The Hall–Kier alpha value is -4.04. The molecule has 1 aliphatic heterocycles. The fraction of sp³-hybridized carbons (Fsp3) is 0.457. The molecule has 13 heteroatoms. The van der Waals surface area contributed by atoms with Crippen molar-refractivity contribution in [3.05, 3.63) is 78.1 Å². The van der Waals surface area contributed by atoms with Crippen LogP contribution in [0.3, 0.4) is 0 Å². The van der Waals surface area contributed by atoms with Crippen LogP contribution in [0.2, 0.25) is 0 Å². The predicted octanol–water partition coefficient (Wildman–Crippen LogP) is 4.46. The fourth-order valence-corrected chi connectivity index (χ4v) is 6.63. The van der Waals surface area contributed by atoms with Gasteiger partial charge in [-0.05, 0) is 87.7 Å². The second-order valence-corrected chi connectivity index (χ2v) is 14.2. The van der Waals surface area contributed by atoms with Gasteiger partial charge in [0.15, 0.2) is 0 Å². The number of carbonyl (C=O) groups is 2. The van der Waals surface area contributed by atoms with Crippen molar-refractivity contribution in [3.63, 3.8) is 0 Å². The van der Waals surface area contributed by atoms with Gasteiger partial charge in [0.05, 0.1) is 42.4 Å². The number of anilines is 1. The molecule has 1 aliphatic rings. The minimum Gasteiger partial charge on any atom is -0.497 e. The van der Waals surface area contributed by atoms with Crippen molar-refractivity contribution in [2.75, 3.05) is 45.8 Å². The zero-order valence-electron chi connectivity index (χ0n) is 28.2. The number of benzene rings is 2. The third-order valence-corrected chi connectivity index (χ3v) is 10.3. The number of nitrogens with one attached hydrogen (secondary N) is 1. The van der Waals surface area contributed by atoms with Crippen LogP contribution in [0.15, 0.2) is 71.9 Å². The lowest BCUT2D eigenvalue weighted by molar-refractivity contribution is -0.00834. The van der Waals surface area contributed by atoms with Crippen LogP contribution in [-0.4, -0.2) is 98.2 Å². The van der Waals surface area contributed by atoms with Gasteiger partial charge in [-0.3, -0.25) is 14.6 Å². The van der Waals surface area contributed by atoms with Gasteiger partial charge >= 0.3 is 0 Å². The maximum atomic E-state index is 14.3. The maximum Gasteiger partial charge on any atom is 0.258 e. The lowest BCUT2D eigenvalue weighted by Crippen LogP contribution is -2.48. The van der Waals surface area contributed by atoms with Gasteiger partial charge in [-0.15, -0.1) is 0 Å². The van der Waals surface area contributed by atoms with E-state index < -0.39 is 28.1 Å². The van der Waals surface area contributed by atoms with Crippen molar-refractivity contribution in [3.8, 4) is 11.5 Å². The van der Waals surface area contributed by atoms with Gasteiger partial charge in [0.2, 0.25) is 10.0 Å². The Labute approximate surface area is 283 Å². The quantitative estimate of drug-likeness (QED) is 0.334. The summed E-state index contributed by atoms with van der Waals surface area (Å²) >= 11 is 0. The molecule has 2 N–H and O–H groups in total. The number of rotatable bonds is 9. The lowest BCUT2D eigenvalue weighted by atomic mass is 10.0. The van der Waals surface area contributed by atoms with E-state index in [-0.39, 0.29) is 48.1 Å². The Bertz CT molecular complexity index is 1620. The van der Waals surface area contributed by atoms with E-state index >= 15 is 0 Å². The van der Waals surface area contributed by atoms with Gasteiger partial charge in [0.25, 0.3) is 11.8 Å². The van der Waals surface area contributed by atoms with E-state index in [9.17, 15) is 23.1 Å². The molecular formula is C35H46N4O8S. The van der Waals surface area contributed by atoms with E-state index in [0.29, 0.717) is 35.8 Å². The molecule has 0 unspecified atom stereocenters. The second-order valence-electron chi connectivity index (χ2n) is 12.2. The molecule has 1 aromatic heterocycles. The molecule has 2 heterocycles. The number of aliphatic hydroxyl groups is 1. The summed E-state index contributed by atoms with van der Waals surface area (Å²) in [5.41, 5.74) is 1.05. The Kier molecular flexibility index (Phi) is 12.9. The molecule has 4 rings (SSSR count). The molecule has 48 heavy (non-hydrogen) atoms. The number of sulfonamides is 1. The standard InChI is InChI=1S/C35H46N4O8S/c1-24-21-39(25(2)23-40)35(42)31-20-28(37-34(41)27-15-17-36-18-16-27)9-14-32(31)47-26(3)8-6-7-19-46-33(24)22-38(4)48(43,44)30-12-10-29(45-5)11-13-30/h9-18,20,24-26,33,40H,6-8,19,21-23H2,1-5H3,(H,37,41)/t24-,25+,26+,33-/m1/s1. The first-order chi connectivity index (χ1) is 22.9. The molecule has 0 bridgehead atoms. The summed E-state index contributed by atoms with van der Waals surface area (Å²) in [4.78, 5) is 32.9. The average molecular weight is 683 g/mol. The van der Waals surface area contributed by atoms with E-state index in [4.69, 9.17) is 14.2 Å². The van der Waals surface area contributed by atoms with Crippen molar-refractivity contribution in [2.24, 2.45) is 5.92 Å². The number of fused-ring (bicyclic) bond motifs is 1. The van der Waals surface area contributed by atoms with Crippen LogP contribution in [-0.2, 0) is 14.8 Å². The summed E-state index contributed by atoms with van der Waals surface area (Å²) in [6, 6.07) is 13.7. The minimum absolute atomic E-state index is 0.0480. The van der Waals surface area contributed by atoms with Crippen LogP contribution >= 0.6 is 0 Å². The summed E-state index contributed by atoms with van der Waals surface area (Å²) in [6.07, 6.45) is 4.47. The van der Waals surface area contributed by atoms with E-state index in [1.54, 1.807) is 54.3 Å². The number of nitrogens with zero attached hydrogens (tertiary/aromatic N) is 3. The highest BCUT2D eigenvalue weighted by Gasteiger charge is 2.32. The smallest absolute Gasteiger partial charge is 0.258 e. The highest BCUT2D eigenvalue weighted by molar-refractivity contribution is 7.89. The minimum atomic E-state index is -3.85. The zero-order valence-corrected chi connectivity index (χ0v) is 29.0. The van der Waals surface area contributed by atoms with E-state index in [1.165, 1.54) is 43.0 Å². The van der Waals surface area contributed by atoms with Crippen molar-refractivity contribution in [2.45, 2.75) is 63.2 Å². The Morgan fingerprint density at radius 3 is 2.50 bits per heavy atom. The summed E-state index contributed by atoms with van der Waals surface area (Å²) in [5.74, 6) is -0.180. The number of pyridine rings is 1. The van der Waals surface area contributed by atoms with Crippen molar-refractivity contribution >= 4 is 27.5 Å². The Balaban J connectivity index is 1.64. The van der Waals surface area contributed by atoms with E-state index in [1.807, 2.05) is 13.8 Å². The molecule has 3 aromatic rings. The van der Waals surface area contributed by atoms with Gasteiger partial charge in [-0.1, -0.05) is 6.92 Å². The Morgan fingerprint density at radius 2 is 1.83 bits per heavy atom. The largest absolute Gasteiger partial charge is 0.497 e. The van der Waals surface area contributed by atoms with Crippen molar-refractivity contribution in [1.29, 1.82) is 0 Å². The second kappa shape index (κ2) is 16.9. The van der Waals surface area contributed by atoms with Crippen LogP contribution in [0.25, 0.3) is 0 Å². The number of aliphatic hydroxyl groups excluding tert-OH is 1. The number of methoxy groups -OCH3 is 1. The van der Waals surface area contributed by atoms with Crippen molar-refractivity contribution in [1.82, 2.24) is 14.2 Å². The van der Waals surface area contributed by atoms with Gasteiger partial charge < -0.3 is 29.5 Å². The van der Waals surface area contributed by atoms with Gasteiger partial charge in [0, 0.05) is 56.3 Å². The van der Waals surface area contributed by atoms with Gasteiger partial charge in [0.1, 0.15) is 11.5 Å². The third-order valence-electron chi connectivity index (χ3n) is 8.46. The van der Waals surface area contributed by atoms with Crippen molar-refractivity contribution < 1.29 is 37.3 Å². The number of carbonyl (C=O) groups excluding carboxylic acids is 2. The highest BCUT2D eigenvalue weighted by Crippen LogP contribution is 2.29. The molecule has 0 saturated heterocycles. The fourth-order valence-electron chi connectivity index (χ4n) is 5.45. The first-order valence-electron chi connectivity index (χ1n) is 16.1. The summed E-state index contributed by atoms with van der Waals surface area (Å²) < 4.78 is 46.0. The molecule has 260 valence electrons. The third kappa shape index (κ3) is 9.31. The number of hydrogen-bond acceptors (Lipinski definition) is 9. The van der Waals surface area contributed by atoms with Crippen LogP contribution in [0.5, 0.6) is 11.5 Å². The number of ether oxygens (including phenoxy) is 3. The SMILES string of the molecule is COc1ccc(S(=O)(=O)N(C)C[C@H]2OCCCC[C@H](C)Oc3ccc(NC(=O)c4ccncc4)cc3C(=O)N([C@@H](C)CO)C[C@H]2C)cc1. The topological polar surface area (TPSA) is 148 Å². The maximum absolute atomic E-state index is 14.3. The van der Waals surface area contributed by atoms with Gasteiger partial charge in [-0.25, -0.2) is 8.42 Å². The van der Waals surface area contributed by atoms with Crippen LogP contribution in [0.4, 0.5) is 5.69 Å². The first kappa shape index (κ1) is 36.8. The zero-order chi connectivity index (χ0) is 34.8. The predicted molar refractivity (Wildman–Crippen MR) is 182 cm³/mol. The summed E-state index contributed by atoms with van der Waals surface area (Å²) in [5, 5.41) is 13.1. The summed E-state index contributed by atoms with van der Waals surface area (Å²) in [7, 11) is -0.827. The Morgan fingerprint density at radius 1 is 1.12 bits per heavy atom. The number of likely N-dealkylation sites (N-methyl/N-ethyl adjacent to an activating group) is 1. The van der Waals surface area contributed by atoms with Crippen LogP contribution < -0.4 is 14.8 Å². The molecule has 4 atom stereocenters. The number of aromatic nitrogens is 1. The van der Waals surface area contributed by atoms with Crippen LogP contribution in [0, 0.1) is 5.92 Å².